The van der Waals surface area contributed by atoms with E-state index in [1.807, 2.05) is 0 Å². The number of hydrogen-bond acceptors (Lipinski definition) is 0. The van der Waals surface area contributed by atoms with Crippen LogP contribution in [0.5, 0.6) is 0 Å². The predicted octanol–water partition coefficient (Wildman–Crippen LogP) is 3.31. The van der Waals surface area contributed by atoms with E-state index < -0.39 is 0 Å². The minimum absolute atomic E-state index is 0.675. The molecule has 0 aliphatic heterocycles. The highest BCUT2D eigenvalue weighted by Crippen LogP contribution is 2.26. The number of hydrogen-bond donors (Lipinski definition) is 0. The van der Waals surface area contributed by atoms with Crippen LogP contribution in [0, 0.1) is 5.92 Å². The topological polar surface area (TPSA) is 0 Å². The molecule has 0 heterocycles. The van der Waals surface area contributed by atoms with Gasteiger partial charge in [0.25, 0.3) is 0 Å². The van der Waals surface area contributed by atoms with Gasteiger partial charge in [0, 0.05) is 0 Å². The van der Waals surface area contributed by atoms with Gasteiger partial charge in [0.2, 0.25) is 0 Å². The molecule has 1 atom stereocenters. The second kappa shape index (κ2) is 3.05. The first-order valence-corrected chi connectivity index (χ1v) is 4.03. The van der Waals surface area contributed by atoms with Gasteiger partial charge in [-0.05, 0) is 39.0 Å². The van der Waals surface area contributed by atoms with Crippen molar-refractivity contribution in [2.75, 3.05) is 0 Å². The van der Waals surface area contributed by atoms with E-state index in [0.717, 1.165) is 0 Å². The van der Waals surface area contributed by atoms with E-state index in [4.69, 9.17) is 0 Å². The molecular formula is C10H16. The molecule has 0 bridgehead atoms. The van der Waals surface area contributed by atoms with Crippen LogP contribution in [-0.2, 0) is 0 Å². The first kappa shape index (κ1) is 7.59. The van der Waals surface area contributed by atoms with Crippen molar-refractivity contribution >= 4 is 0 Å². The van der Waals surface area contributed by atoms with Crippen molar-refractivity contribution in [3.05, 3.63) is 23.8 Å². The normalized spacial score (nSPS) is 25.8. The van der Waals surface area contributed by atoms with Gasteiger partial charge in [0.15, 0.2) is 0 Å². The summed E-state index contributed by atoms with van der Waals surface area (Å²) in [6.45, 7) is 8.31. The molecule has 0 saturated heterocycles. The molecule has 0 amide bonds. The lowest BCUT2D eigenvalue weighted by atomic mass is 9.87. The van der Waals surface area contributed by atoms with E-state index in [1.54, 1.807) is 5.57 Å². The number of rotatable bonds is 1. The van der Waals surface area contributed by atoms with Crippen LogP contribution in [0.25, 0.3) is 0 Å². The summed E-state index contributed by atoms with van der Waals surface area (Å²) in [5, 5.41) is 0. The van der Waals surface area contributed by atoms with Crippen LogP contribution in [-0.4, -0.2) is 0 Å². The van der Waals surface area contributed by atoms with Crippen molar-refractivity contribution in [1.29, 1.82) is 0 Å². The first-order valence-electron chi connectivity index (χ1n) is 4.03. The zero-order chi connectivity index (χ0) is 7.56. The molecule has 0 nitrogen and oxygen atoms in total. The second-order valence-electron chi connectivity index (χ2n) is 3.36. The highest BCUT2D eigenvalue weighted by molar-refractivity contribution is 5.14. The van der Waals surface area contributed by atoms with Crippen LogP contribution in [0.4, 0.5) is 0 Å². The molecule has 0 aromatic rings. The maximum absolute atomic E-state index is 3.97. The maximum atomic E-state index is 3.97. The average molecular weight is 136 g/mol. The Labute approximate surface area is 63.6 Å². The molecule has 0 N–H and O–H groups in total. The molecule has 0 radical (unpaired) electrons. The first-order chi connectivity index (χ1) is 4.70. The van der Waals surface area contributed by atoms with Crippen molar-refractivity contribution < 1.29 is 0 Å². The summed E-state index contributed by atoms with van der Waals surface area (Å²) in [6.07, 6.45) is 6.32. The minimum atomic E-state index is 0.675. The van der Waals surface area contributed by atoms with Crippen LogP contribution in [0.1, 0.15) is 33.1 Å². The quantitative estimate of drug-likeness (QED) is 0.485. The van der Waals surface area contributed by atoms with Crippen LogP contribution in [0.2, 0.25) is 0 Å². The fourth-order valence-electron chi connectivity index (χ4n) is 1.50. The van der Waals surface area contributed by atoms with Gasteiger partial charge in [-0.2, -0.15) is 0 Å². The Kier molecular flexibility index (Phi) is 2.31. The van der Waals surface area contributed by atoms with Crippen LogP contribution >= 0.6 is 0 Å². The van der Waals surface area contributed by atoms with Gasteiger partial charge in [0.1, 0.15) is 0 Å². The fraction of sp³-hybridized carbons (Fsp3) is 0.600. The second-order valence-corrected chi connectivity index (χ2v) is 3.36. The minimum Gasteiger partial charge on any atom is -0.0995 e. The van der Waals surface area contributed by atoms with Gasteiger partial charge in [-0.1, -0.05) is 23.8 Å². The molecule has 56 valence electrons. The predicted molar refractivity (Wildman–Crippen MR) is 45.9 cm³/mol. The van der Waals surface area contributed by atoms with Gasteiger partial charge >= 0.3 is 0 Å². The molecule has 1 aliphatic carbocycles. The van der Waals surface area contributed by atoms with Crippen LogP contribution < -0.4 is 0 Å². The van der Waals surface area contributed by atoms with Crippen molar-refractivity contribution in [3.8, 4) is 0 Å². The molecule has 1 rings (SSSR count). The van der Waals surface area contributed by atoms with Gasteiger partial charge in [-0.15, -0.1) is 0 Å². The Bertz CT molecular complexity index is 163. The van der Waals surface area contributed by atoms with Gasteiger partial charge in [-0.25, -0.2) is 0 Å². The molecule has 0 aromatic carbocycles. The summed E-state index contributed by atoms with van der Waals surface area (Å²) in [7, 11) is 0. The Morgan fingerprint density at radius 1 is 1.70 bits per heavy atom. The lowest BCUT2D eigenvalue weighted by Crippen LogP contribution is -2.03. The highest BCUT2D eigenvalue weighted by atomic mass is 14.2. The van der Waals surface area contributed by atoms with Crippen molar-refractivity contribution in [2.45, 2.75) is 33.1 Å². The third-order valence-corrected chi connectivity index (χ3v) is 2.20. The van der Waals surface area contributed by atoms with E-state index in [9.17, 15) is 0 Å². The molecule has 0 fully saturated rings. The molecule has 0 aromatic heterocycles. The Hall–Kier alpha value is -0.520. The third-order valence-electron chi connectivity index (χ3n) is 2.20. The third kappa shape index (κ3) is 1.73. The summed E-state index contributed by atoms with van der Waals surface area (Å²) < 4.78 is 0. The van der Waals surface area contributed by atoms with E-state index in [0.29, 0.717) is 5.92 Å². The summed E-state index contributed by atoms with van der Waals surface area (Å²) in [6, 6.07) is 0. The molecule has 1 aliphatic rings. The Balaban J connectivity index is 2.62. The van der Waals surface area contributed by atoms with Crippen molar-refractivity contribution in [1.82, 2.24) is 0 Å². The van der Waals surface area contributed by atoms with E-state index >= 15 is 0 Å². The average Bonchev–Trinajstić information content (AvgIpc) is 1.88. The summed E-state index contributed by atoms with van der Waals surface area (Å²) in [5.74, 6) is 0.675. The Morgan fingerprint density at radius 3 is 2.80 bits per heavy atom. The largest absolute Gasteiger partial charge is 0.0995 e. The standard InChI is InChI=1S/C10H16/c1-8(2)10-6-4-5-9(3)7-10/h7,10H,1,4-6H2,2-3H3. The molecule has 10 heavy (non-hydrogen) atoms. The smallest absolute Gasteiger partial charge is 0.00261 e. The van der Waals surface area contributed by atoms with Crippen LogP contribution in [0.3, 0.4) is 0 Å². The summed E-state index contributed by atoms with van der Waals surface area (Å²) >= 11 is 0. The van der Waals surface area contributed by atoms with Gasteiger partial charge < -0.3 is 0 Å². The fourth-order valence-corrected chi connectivity index (χ4v) is 1.50. The summed E-state index contributed by atoms with van der Waals surface area (Å²) in [4.78, 5) is 0. The molecule has 0 saturated carbocycles. The molecular weight excluding hydrogens is 120 g/mol. The molecule has 1 unspecified atom stereocenters. The van der Waals surface area contributed by atoms with Crippen molar-refractivity contribution in [3.63, 3.8) is 0 Å². The SMILES string of the molecule is C=C(C)C1C=C(C)CCC1. The van der Waals surface area contributed by atoms with Crippen molar-refractivity contribution in [2.24, 2.45) is 5.92 Å². The maximum Gasteiger partial charge on any atom is -0.00261 e. The van der Waals surface area contributed by atoms with Crippen LogP contribution in [0.15, 0.2) is 23.8 Å². The lowest BCUT2D eigenvalue weighted by molar-refractivity contribution is 0.589. The van der Waals surface area contributed by atoms with Gasteiger partial charge in [0.05, 0.1) is 0 Å². The summed E-state index contributed by atoms with van der Waals surface area (Å²) in [5.41, 5.74) is 2.86. The lowest BCUT2D eigenvalue weighted by Gasteiger charge is -2.18. The van der Waals surface area contributed by atoms with E-state index in [1.165, 1.54) is 24.8 Å². The zero-order valence-electron chi connectivity index (χ0n) is 6.98. The van der Waals surface area contributed by atoms with E-state index in [-0.39, 0.29) is 0 Å². The number of allylic oxidation sites excluding steroid dienone is 3. The Morgan fingerprint density at radius 2 is 2.40 bits per heavy atom. The molecule has 0 spiro atoms. The van der Waals surface area contributed by atoms with E-state index in [2.05, 4.69) is 26.5 Å². The molecule has 0 heteroatoms. The zero-order valence-corrected chi connectivity index (χ0v) is 6.98. The highest BCUT2D eigenvalue weighted by Gasteiger charge is 2.10. The van der Waals surface area contributed by atoms with Gasteiger partial charge in [-0.3, -0.25) is 0 Å². The monoisotopic (exact) mass is 136 g/mol.